The SMILES string of the molecule is Cc1cc(CN2CCN(C(=O)c3cscn3)CC2)on1. The highest BCUT2D eigenvalue weighted by atomic mass is 32.1. The Kier molecular flexibility index (Phi) is 3.79. The molecule has 1 aliphatic heterocycles. The first-order valence-electron chi connectivity index (χ1n) is 6.54. The molecule has 2 aromatic heterocycles. The Balaban J connectivity index is 1.53. The topological polar surface area (TPSA) is 62.5 Å². The van der Waals surface area contributed by atoms with Crippen LogP contribution >= 0.6 is 11.3 Å². The Morgan fingerprint density at radius 1 is 1.40 bits per heavy atom. The maximum Gasteiger partial charge on any atom is 0.273 e. The highest BCUT2D eigenvalue weighted by Crippen LogP contribution is 2.12. The molecule has 0 radical (unpaired) electrons. The second-order valence-electron chi connectivity index (χ2n) is 4.88. The number of hydrogen-bond donors (Lipinski definition) is 0. The Labute approximate surface area is 121 Å². The third kappa shape index (κ3) is 2.88. The largest absolute Gasteiger partial charge is 0.360 e. The van der Waals surface area contributed by atoms with E-state index >= 15 is 0 Å². The summed E-state index contributed by atoms with van der Waals surface area (Å²) in [5, 5.41) is 5.68. The van der Waals surface area contributed by atoms with Crippen molar-refractivity contribution in [1.29, 1.82) is 0 Å². The summed E-state index contributed by atoms with van der Waals surface area (Å²) >= 11 is 1.45. The third-order valence-corrected chi connectivity index (χ3v) is 3.95. The van der Waals surface area contributed by atoms with Crippen molar-refractivity contribution in [2.45, 2.75) is 13.5 Å². The van der Waals surface area contributed by atoms with Gasteiger partial charge in [0.15, 0.2) is 5.76 Å². The number of carbonyl (C=O) groups is 1. The van der Waals surface area contributed by atoms with Gasteiger partial charge < -0.3 is 9.42 Å². The van der Waals surface area contributed by atoms with Crippen LogP contribution < -0.4 is 0 Å². The van der Waals surface area contributed by atoms with E-state index in [1.165, 1.54) is 11.3 Å². The normalized spacial score (nSPS) is 16.6. The van der Waals surface area contributed by atoms with E-state index < -0.39 is 0 Å². The number of carbonyl (C=O) groups excluding carboxylic acids is 1. The van der Waals surface area contributed by atoms with Crippen molar-refractivity contribution >= 4 is 17.2 Å². The second-order valence-corrected chi connectivity index (χ2v) is 5.60. The number of hydrogen-bond acceptors (Lipinski definition) is 6. The first-order chi connectivity index (χ1) is 9.72. The minimum absolute atomic E-state index is 0.0291. The molecule has 0 unspecified atom stereocenters. The molecular formula is C13H16N4O2S. The van der Waals surface area contributed by atoms with Crippen LogP contribution in [0.25, 0.3) is 0 Å². The molecule has 7 heteroatoms. The van der Waals surface area contributed by atoms with Gasteiger partial charge in [-0.15, -0.1) is 11.3 Å². The first-order valence-corrected chi connectivity index (χ1v) is 7.48. The zero-order chi connectivity index (χ0) is 13.9. The molecule has 3 rings (SSSR count). The Bertz CT molecular complexity index is 573. The maximum atomic E-state index is 12.2. The third-order valence-electron chi connectivity index (χ3n) is 3.37. The molecular weight excluding hydrogens is 276 g/mol. The average molecular weight is 292 g/mol. The van der Waals surface area contributed by atoms with E-state index in [1.807, 2.05) is 17.9 Å². The molecule has 0 N–H and O–H groups in total. The van der Waals surface area contributed by atoms with Gasteiger partial charge in [-0.2, -0.15) is 0 Å². The molecule has 2 aromatic rings. The molecule has 1 aliphatic rings. The standard InChI is InChI=1S/C13H16N4O2S/c1-10-6-11(19-15-10)7-16-2-4-17(5-3-16)13(18)12-8-20-9-14-12/h6,8-9H,2-5,7H2,1H3. The molecule has 0 atom stereocenters. The fourth-order valence-corrected chi connectivity index (χ4v) is 2.83. The van der Waals surface area contributed by atoms with Crippen LogP contribution in [0, 0.1) is 6.92 Å². The highest BCUT2D eigenvalue weighted by Gasteiger charge is 2.23. The minimum Gasteiger partial charge on any atom is -0.360 e. The predicted molar refractivity (Wildman–Crippen MR) is 74.5 cm³/mol. The smallest absolute Gasteiger partial charge is 0.273 e. The molecule has 1 saturated heterocycles. The lowest BCUT2D eigenvalue weighted by atomic mass is 10.2. The number of piperazine rings is 1. The van der Waals surface area contributed by atoms with Crippen molar-refractivity contribution in [3.05, 3.63) is 34.1 Å². The first kappa shape index (κ1) is 13.3. The summed E-state index contributed by atoms with van der Waals surface area (Å²) in [5.41, 5.74) is 3.14. The fraction of sp³-hybridized carbons (Fsp3) is 0.462. The fourth-order valence-electron chi connectivity index (χ4n) is 2.30. The molecule has 0 aromatic carbocycles. The summed E-state index contributed by atoms with van der Waals surface area (Å²) in [7, 11) is 0. The Hall–Kier alpha value is -1.73. The van der Waals surface area contributed by atoms with E-state index in [1.54, 1.807) is 10.9 Å². The number of thiazole rings is 1. The van der Waals surface area contributed by atoms with Crippen molar-refractivity contribution in [3.63, 3.8) is 0 Å². The van der Waals surface area contributed by atoms with Crippen LogP contribution in [0.5, 0.6) is 0 Å². The zero-order valence-electron chi connectivity index (χ0n) is 11.3. The monoisotopic (exact) mass is 292 g/mol. The van der Waals surface area contributed by atoms with Crippen LogP contribution in [0.2, 0.25) is 0 Å². The average Bonchev–Trinajstić information content (AvgIpc) is 3.11. The molecule has 1 fully saturated rings. The lowest BCUT2D eigenvalue weighted by molar-refractivity contribution is 0.0612. The lowest BCUT2D eigenvalue weighted by Gasteiger charge is -2.33. The van der Waals surface area contributed by atoms with Crippen molar-refractivity contribution in [1.82, 2.24) is 19.9 Å². The van der Waals surface area contributed by atoms with Crippen LogP contribution in [-0.2, 0) is 6.54 Å². The number of amides is 1. The van der Waals surface area contributed by atoms with Crippen LogP contribution in [0.3, 0.4) is 0 Å². The van der Waals surface area contributed by atoms with Crippen molar-refractivity contribution in [2.24, 2.45) is 0 Å². The van der Waals surface area contributed by atoms with E-state index in [-0.39, 0.29) is 5.91 Å². The van der Waals surface area contributed by atoms with Gasteiger partial charge in [-0.1, -0.05) is 5.16 Å². The van der Waals surface area contributed by atoms with Gasteiger partial charge in [0.05, 0.1) is 17.7 Å². The summed E-state index contributed by atoms with van der Waals surface area (Å²) in [6.45, 7) is 5.80. The van der Waals surface area contributed by atoms with Crippen molar-refractivity contribution < 1.29 is 9.32 Å². The van der Waals surface area contributed by atoms with E-state index in [0.29, 0.717) is 5.69 Å². The Morgan fingerprint density at radius 3 is 2.80 bits per heavy atom. The molecule has 6 nitrogen and oxygen atoms in total. The summed E-state index contributed by atoms with van der Waals surface area (Å²) in [6.07, 6.45) is 0. The summed E-state index contributed by atoms with van der Waals surface area (Å²) in [5.74, 6) is 0.906. The lowest BCUT2D eigenvalue weighted by Crippen LogP contribution is -2.48. The van der Waals surface area contributed by atoms with Crippen LogP contribution in [-0.4, -0.2) is 52.0 Å². The number of aromatic nitrogens is 2. The molecule has 20 heavy (non-hydrogen) atoms. The molecule has 0 spiro atoms. The van der Waals surface area contributed by atoms with E-state index in [9.17, 15) is 4.79 Å². The summed E-state index contributed by atoms with van der Waals surface area (Å²) in [4.78, 5) is 20.4. The number of rotatable bonds is 3. The minimum atomic E-state index is 0.0291. The van der Waals surface area contributed by atoms with Crippen molar-refractivity contribution in [3.8, 4) is 0 Å². The van der Waals surface area contributed by atoms with E-state index in [4.69, 9.17) is 4.52 Å². The zero-order valence-corrected chi connectivity index (χ0v) is 12.1. The van der Waals surface area contributed by atoms with Gasteiger partial charge >= 0.3 is 0 Å². The quantitative estimate of drug-likeness (QED) is 0.855. The van der Waals surface area contributed by atoms with Gasteiger partial charge in [-0.25, -0.2) is 4.98 Å². The van der Waals surface area contributed by atoms with Gasteiger partial charge in [0.1, 0.15) is 5.69 Å². The Morgan fingerprint density at radius 2 is 2.20 bits per heavy atom. The summed E-state index contributed by atoms with van der Waals surface area (Å²) in [6, 6.07) is 1.95. The molecule has 0 saturated carbocycles. The van der Waals surface area contributed by atoms with Gasteiger partial charge in [-0.05, 0) is 6.92 Å². The van der Waals surface area contributed by atoms with Crippen LogP contribution in [0.15, 0.2) is 21.5 Å². The van der Waals surface area contributed by atoms with Crippen LogP contribution in [0.1, 0.15) is 21.9 Å². The van der Waals surface area contributed by atoms with Crippen LogP contribution in [0.4, 0.5) is 0 Å². The second kappa shape index (κ2) is 5.72. The predicted octanol–water partition coefficient (Wildman–Crippen LogP) is 1.40. The number of aryl methyl sites for hydroxylation is 1. The highest BCUT2D eigenvalue weighted by molar-refractivity contribution is 7.07. The van der Waals surface area contributed by atoms with Gasteiger partial charge in [0.2, 0.25) is 0 Å². The van der Waals surface area contributed by atoms with E-state index in [2.05, 4.69) is 15.0 Å². The molecule has 1 amide bonds. The molecule has 106 valence electrons. The molecule has 3 heterocycles. The molecule has 0 aliphatic carbocycles. The summed E-state index contributed by atoms with van der Waals surface area (Å²) < 4.78 is 5.22. The van der Waals surface area contributed by atoms with Gasteiger partial charge in [0, 0.05) is 37.6 Å². The van der Waals surface area contributed by atoms with E-state index in [0.717, 1.165) is 44.2 Å². The van der Waals surface area contributed by atoms with Crippen molar-refractivity contribution in [2.75, 3.05) is 26.2 Å². The van der Waals surface area contributed by atoms with Gasteiger partial charge in [-0.3, -0.25) is 9.69 Å². The molecule has 0 bridgehead atoms. The number of nitrogens with zero attached hydrogens (tertiary/aromatic N) is 4. The van der Waals surface area contributed by atoms with Gasteiger partial charge in [0.25, 0.3) is 5.91 Å². The maximum absolute atomic E-state index is 12.2.